The lowest BCUT2D eigenvalue weighted by Gasteiger charge is -2.12. The number of anilines is 1. The van der Waals surface area contributed by atoms with E-state index in [0.29, 0.717) is 11.4 Å². The van der Waals surface area contributed by atoms with E-state index < -0.39 is 0 Å². The average molecular weight is 162 g/mol. The summed E-state index contributed by atoms with van der Waals surface area (Å²) in [4.78, 5) is 9.73. The SMILES string of the molecule is Cc1ncnc(N(C)C)c1C#N. The number of nitriles is 1. The fourth-order valence-corrected chi connectivity index (χ4v) is 0.931. The molecule has 0 spiro atoms. The first kappa shape index (κ1) is 8.47. The second-order valence-electron chi connectivity index (χ2n) is 2.66. The third-order valence-electron chi connectivity index (χ3n) is 1.55. The Balaban J connectivity index is 3.30. The van der Waals surface area contributed by atoms with Gasteiger partial charge in [-0.15, -0.1) is 0 Å². The highest BCUT2D eigenvalue weighted by atomic mass is 15.1. The third kappa shape index (κ3) is 1.35. The summed E-state index contributed by atoms with van der Waals surface area (Å²) in [7, 11) is 3.70. The molecule has 0 unspecified atom stereocenters. The maximum atomic E-state index is 8.79. The first-order chi connectivity index (χ1) is 5.66. The standard InChI is InChI=1S/C8H10N4/c1-6-7(4-9)8(12(2)3)11-5-10-6/h5H,1-3H3. The Morgan fingerprint density at radius 3 is 2.50 bits per heavy atom. The Labute approximate surface area is 71.5 Å². The number of hydrogen-bond acceptors (Lipinski definition) is 4. The molecule has 0 saturated heterocycles. The average Bonchev–Trinajstić information content (AvgIpc) is 2.03. The minimum Gasteiger partial charge on any atom is -0.362 e. The summed E-state index contributed by atoms with van der Waals surface area (Å²) in [6.07, 6.45) is 1.46. The lowest BCUT2D eigenvalue weighted by Crippen LogP contribution is -2.13. The fraction of sp³-hybridized carbons (Fsp3) is 0.375. The van der Waals surface area contributed by atoms with Crippen molar-refractivity contribution in [3.8, 4) is 6.07 Å². The number of hydrogen-bond donors (Lipinski definition) is 0. The Hall–Kier alpha value is -1.63. The molecule has 1 heterocycles. The summed E-state index contributed by atoms with van der Waals surface area (Å²) >= 11 is 0. The normalized spacial score (nSPS) is 9.17. The van der Waals surface area contributed by atoms with Crippen LogP contribution in [0.1, 0.15) is 11.3 Å². The third-order valence-corrected chi connectivity index (χ3v) is 1.55. The maximum absolute atomic E-state index is 8.79. The zero-order valence-electron chi connectivity index (χ0n) is 7.37. The topological polar surface area (TPSA) is 52.8 Å². The van der Waals surface area contributed by atoms with Crippen molar-refractivity contribution in [2.75, 3.05) is 19.0 Å². The summed E-state index contributed by atoms with van der Waals surface area (Å²) in [6.45, 7) is 1.80. The molecule has 1 rings (SSSR count). The van der Waals surface area contributed by atoms with Gasteiger partial charge in [0.25, 0.3) is 0 Å². The van der Waals surface area contributed by atoms with Gasteiger partial charge in [-0.05, 0) is 6.92 Å². The van der Waals surface area contributed by atoms with Crippen molar-refractivity contribution in [2.45, 2.75) is 6.92 Å². The predicted octanol–water partition coefficient (Wildman–Crippen LogP) is 0.723. The summed E-state index contributed by atoms with van der Waals surface area (Å²) in [5.74, 6) is 0.671. The van der Waals surface area contributed by atoms with Crippen LogP contribution in [0.3, 0.4) is 0 Å². The van der Waals surface area contributed by atoms with Crippen LogP contribution in [0.25, 0.3) is 0 Å². The largest absolute Gasteiger partial charge is 0.362 e. The van der Waals surface area contributed by atoms with Crippen LogP contribution in [-0.4, -0.2) is 24.1 Å². The van der Waals surface area contributed by atoms with Crippen molar-refractivity contribution < 1.29 is 0 Å². The minimum absolute atomic E-state index is 0.544. The van der Waals surface area contributed by atoms with E-state index in [1.165, 1.54) is 6.33 Å². The molecule has 0 fully saturated rings. The summed E-state index contributed by atoms with van der Waals surface area (Å²) in [6, 6.07) is 2.08. The highest BCUT2D eigenvalue weighted by Gasteiger charge is 2.08. The van der Waals surface area contributed by atoms with Crippen molar-refractivity contribution in [3.05, 3.63) is 17.6 Å². The minimum atomic E-state index is 0.544. The molecule has 0 aliphatic carbocycles. The van der Waals surface area contributed by atoms with E-state index in [-0.39, 0.29) is 0 Å². The number of aromatic nitrogens is 2. The lowest BCUT2D eigenvalue weighted by atomic mass is 10.2. The van der Waals surface area contributed by atoms with Crippen LogP contribution in [0.15, 0.2) is 6.33 Å². The Morgan fingerprint density at radius 1 is 1.42 bits per heavy atom. The highest BCUT2D eigenvalue weighted by molar-refractivity contribution is 5.54. The molecule has 4 heteroatoms. The van der Waals surface area contributed by atoms with Crippen LogP contribution in [0.4, 0.5) is 5.82 Å². The van der Waals surface area contributed by atoms with Crippen molar-refractivity contribution in [1.29, 1.82) is 5.26 Å². The van der Waals surface area contributed by atoms with Gasteiger partial charge in [-0.25, -0.2) is 9.97 Å². The Bertz CT molecular complexity index is 324. The number of nitrogens with zero attached hydrogens (tertiary/aromatic N) is 4. The van der Waals surface area contributed by atoms with E-state index in [4.69, 9.17) is 5.26 Å². The molecule has 0 aliphatic heterocycles. The molecule has 0 aliphatic rings. The highest BCUT2D eigenvalue weighted by Crippen LogP contribution is 2.14. The molecule has 1 aromatic heterocycles. The predicted molar refractivity (Wildman–Crippen MR) is 45.8 cm³/mol. The van der Waals surface area contributed by atoms with Gasteiger partial charge in [0.2, 0.25) is 0 Å². The van der Waals surface area contributed by atoms with E-state index >= 15 is 0 Å². The van der Waals surface area contributed by atoms with Crippen LogP contribution < -0.4 is 4.90 Å². The van der Waals surface area contributed by atoms with Gasteiger partial charge in [0.1, 0.15) is 23.8 Å². The molecule has 0 bridgehead atoms. The van der Waals surface area contributed by atoms with Crippen molar-refractivity contribution in [1.82, 2.24) is 9.97 Å². The maximum Gasteiger partial charge on any atom is 0.149 e. The van der Waals surface area contributed by atoms with Gasteiger partial charge in [0.05, 0.1) is 5.69 Å². The molecule has 62 valence electrons. The van der Waals surface area contributed by atoms with Crippen LogP contribution in [-0.2, 0) is 0 Å². The molecular weight excluding hydrogens is 152 g/mol. The molecular formula is C8H10N4. The van der Waals surface area contributed by atoms with Gasteiger partial charge in [0, 0.05) is 14.1 Å². The van der Waals surface area contributed by atoms with Crippen molar-refractivity contribution >= 4 is 5.82 Å². The van der Waals surface area contributed by atoms with Crippen LogP contribution in [0, 0.1) is 18.3 Å². The van der Waals surface area contributed by atoms with Crippen molar-refractivity contribution in [3.63, 3.8) is 0 Å². The van der Waals surface area contributed by atoms with Crippen LogP contribution in [0.2, 0.25) is 0 Å². The van der Waals surface area contributed by atoms with Gasteiger partial charge in [-0.1, -0.05) is 0 Å². The zero-order chi connectivity index (χ0) is 9.14. The molecule has 0 atom stereocenters. The van der Waals surface area contributed by atoms with E-state index in [2.05, 4.69) is 16.0 Å². The van der Waals surface area contributed by atoms with Gasteiger partial charge < -0.3 is 4.90 Å². The van der Waals surface area contributed by atoms with E-state index in [1.54, 1.807) is 11.8 Å². The number of aryl methyl sites for hydroxylation is 1. The molecule has 0 saturated carbocycles. The zero-order valence-corrected chi connectivity index (χ0v) is 7.37. The van der Waals surface area contributed by atoms with Gasteiger partial charge in [0.15, 0.2) is 0 Å². The van der Waals surface area contributed by atoms with E-state index in [9.17, 15) is 0 Å². The summed E-state index contributed by atoms with van der Waals surface area (Å²) in [5.41, 5.74) is 1.26. The van der Waals surface area contributed by atoms with Gasteiger partial charge in [-0.2, -0.15) is 5.26 Å². The van der Waals surface area contributed by atoms with E-state index in [1.807, 2.05) is 14.1 Å². The lowest BCUT2D eigenvalue weighted by molar-refractivity contribution is 1.00. The molecule has 0 radical (unpaired) electrons. The van der Waals surface area contributed by atoms with Crippen molar-refractivity contribution in [2.24, 2.45) is 0 Å². The smallest absolute Gasteiger partial charge is 0.149 e. The van der Waals surface area contributed by atoms with Crippen LogP contribution >= 0.6 is 0 Å². The van der Waals surface area contributed by atoms with E-state index in [0.717, 1.165) is 5.69 Å². The fourth-order valence-electron chi connectivity index (χ4n) is 0.931. The first-order valence-electron chi connectivity index (χ1n) is 3.56. The molecule has 0 N–H and O–H groups in total. The summed E-state index contributed by atoms with van der Waals surface area (Å²) < 4.78 is 0. The second-order valence-corrected chi connectivity index (χ2v) is 2.66. The molecule has 4 nitrogen and oxygen atoms in total. The summed E-state index contributed by atoms with van der Waals surface area (Å²) in [5, 5.41) is 8.79. The molecule has 12 heavy (non-hydrogen) atoms. The number of rotatable bonds is 1. The van der Waals surface area contributed by atoms with Crippen LogP contribution in [0.5, 0.6) is 0 Å². The Morgan fingerprint density at radius 2 is 2.08 bits per heavy atom. The second kappa shape index (κ2) is 3.18. The first-order valence-corrected chi connectivity index (χ1v) is 3.56. The quantitative estimate of drug-likeness (QED) is 0.610. The molecule has 0 aromatic carbocycles. The van der Waals surface area contributed by atoms with Gasteiger partial charge >= 0.3 is 0 Å². The monoisotopic (exact) mass is 162 g/mol. The molecule has 1 aromatic rings. The molecule has 0 amide bonds. The Kier molecular flexibility index (Phi) is 2.24. The van der Waals surface area contributed by atoms with Gasteiger partial charge in [-0.3, -0.25) is 0 Å².